The predicted molar refractivity (Wildman–Crippen MR) is 90.8 cm³/mol. The lowest BCUT2D eigenvalue weighted by Crippen LogP contribution is -1.96. The van der Waals surface area contributed by atoms with Gasteiger partial charge in [-0.1, -0.05) is 54.2 Å². The van der Waals surface area contributed by atoms with Gasteiger partial charge in [0.05, 0.1) is 15.2 Å². The van der Waals surface area contributed by atoms with Gasteiger partial charge in [-0.25, -0.2) is 4.98 Å². The highest BCUT2D eigenvalue weighted by Gasteiger charge is 2.10. The second kappa shape index (κ2) is 6.05. The van der Waals surface area contributed by atoms with E-state index in [1.807, 2.05) is 30.3 Å². The molecule has 21 heavy (non-hydrogen) atoms. The molecule has 0 saturated carbocycles. The van der Waals surface area contributed by atoms with Crippen LogP contribution in [-0.4, -0.2) is 15.0 Å². The Bertz CT molecular complexity index is 832. The van der Waals surface area contributed by atoms with Gasteiger partial charge in [0, 0.05) is 6.20 Å². The van der Waals surface area contributed by atoms with E-state index in [0.29, 0.717) is 21.2 Å². The van der Waals surface area contributed by atoms with Gasteiger partial charge in [0.25, 0.3) is 0 Å². The van der Waals surface area contributed by atoms with Crippen molar-refractivity contribution in [3.63, 3.8) is 0 Å². The zero-order chi connectivity index (χ0) is 14.8. The van der Waals surface area contributed by atoms with Crippen LogP contribution in [0.25, 0.3) is 22.8 Å². The van der Waals surface area contributed by atoms with Crippen molar-refractivity contribution in [2.24, 2.45) is 0 Å². The smallest absolute Gasteiger partial charge is 0.158 e. The largest absolute Gasteiger partial charge is 0.337 e. The summed E-state index contributed by atoms with van der Waals surface area (Å²) in [6.07, 6.45) is 1.58. The number of rotatable bonds is 2. The number of aromatic amines is 1. The van der Waals surface area contributed by atoms with Crippen molar-refractivity contribution in [2.75, 3.05) is 0 Å². The Hall–Kier alpha value is -1.56. The average Bonchev–Trinajstić information content (AvgIpc) is 2.51. The molecule has 0 bridgehead atoms. The summed E-state index contributed by atoms with van der Waals surface area (Å²) in [6.45, 7) is 0. The van der Waals surface area contributed by atoms with E-state index in [-0.39, 0.29) is 0 Å². The van der Waals surface area contributed by atoms with Crippen molar-refractivity contribution in [3.8, 4) is 22.8 Å². The molecular formula is C15H9BrClN3S. The van der Waals surface area contributed by atoms with Crippen LogP contribution in [0.3, 0.4) is 0 Å². The Morgan fingerprint density at radius 1 is 1.10 bits per heavy atom. The predicted octanol–water partition coefficient (Wildman–Crippen LogP) is 5.28. The second-order valence-corrected chi connectivity index (χ2v) is 5.92. The molecule has 1 N–H and O–H groups in total. The maximum absolute atomic E-state index is 5.86. The molecule has 2 aromatic heterocycles. The Labute approximate surface area is 140 Å². The van der Waals surface area contributed by atoms with Crippen LogP contribution in [0.2, 0.25) is 5.02 Å². The van der Waals surface area contributed by atoms with Crippen LogP contribution < -0.4 is 0 Å². The minimum absolute atomic E-state index is 0.486. The molecule has 0 radical (unpaired) electrons. The van der Waals surface area contributed by atoms with Crippen LogP contribution in [-0.2, 0) is 0 Å². The maximum atomic E-state index is 5.86. The number of hydrogen-bond acceptors (Lipinski definition) is 3. The zero-order valence-electron chi connectivity index (χ0n) is 10.7. The molecule has 0 saturated heterocycles. The monoisotopic (exact) mass is 377 g/mol. The molecule has 0 aliphatic carbocycles. The van der Waals surface area contributed by atoms with Gasteiger partial charge in [-0.3, -0.25) is 4.98 Å². The van der Waals surface area contributed by atoms with Crippen molar-refractivity contribution in [1.82, 2.24) is 15.0 Å². The van der Waals surface area contributed by atoms with E-state index in [2.05, 4.69) is 30.9 Å². The zero-order valence-corrected chi connectivity index (χ0v) is 13.8. The lowest BCUT2D eigenvalue weighted by Gasteiger charge is -2.08. The summed E-state index contributed by atoms with van der Waals surface area (Å²) in [6, 6.07) is 13.5. The van der Waals surface area contributed by atoms with Crippen LogP contribution in [0.15, 0.2) is 53.1 Å². The molecule has 104 valence electrons. The first kappa shape index (κ1) is 14.4. The number of nitrogens with zero attached hydrogens (tertiary/aromatic N) is 2. The number of pyridine rings is 1. The molecule has 0 aliphatic rings. The van der Waals surface area contributed by atoms with Crippen LogP contribution in [0.4, 0.5) is 0 Å². The van der Waals surface area contributed by atoms with Gasteiger partial charge in [0.15, 0.2) is 5.82 Å². The molecular weight excluding hydrogens is 370 g/mol. The fourth-order valence-electron chi connectivity index (χ4n) is 1.90. The second-order valence-electron chi connectivity index (χ2n) is 4.31. The van der Waals surface area contributed by atoms with E-state index >= 15 is 0 Å². The number of benzene rings is 1. The minimum Gasteiger partial charge on any atom is -0.337 e. The summed E-state index contributed by atoms with van der Waals surface area (Å²) in [5.41, 5.74) is 2.59. The Morgan fingerprint density at radius 3 is 2.52 bits per heavy atom. The standard InChI is InChI=1S/C15H9BrClN3S/c16-12-13(9-4-2-1-3-5-9)19-14(20-15(12)21)11-7-6-10(17)8-18-11/h1-8H,(H,19,20,21). The fraction of sp³-hybridized carbons (Fsp3) is 0. The SMILES string of the molecule is S=c1nc(-c2ccc(Cl)cn2)[nH]c(-c2ccccc2)c1Br. The molecule has 3 rings (SSSR count). The van der Waals surface area contributed by atoms with Gasteiger partial charge in [-0.2, -0.15) is 0 Å². The topological polar surface area (TPSA) is 41.6 Å². The first-order valence-electron chi connectivity index (χ1n) is 6.12. The maximum Gasteiger partial charge on any atom is 0.158 e. The summed E-state index contributed by atoms with van der Waals surface area (Å²) in [4.78, 5) is 11.9. The summed E-state index contributed by atoms with van der Waals surface area (Å²) >= 11 is 14.7. The van der Waals surface area contributed by atoms with Crippen molar-refractivity contribution in [3.05, 3.63) is 62.8 Å². The van der Waals surface area contributed by atoms with Gasteiger partial charge in [0.1, 0.15) is 10.3 Å². The highest BCUT2D eigenvalue weighted by Crippen LogP contribution is 2.28. The van der Waals surface area contributed by atoms with Crippen molar-refractivity contribution in [2.45, 2.75) is 0 Å². The minimum atomic E-state index is 0.486. The Balaban J connectivity index is 2.19. The van der Waals surface area contributed by atoms with E-state index in [1.165, 1.54) is 0 Å². The number of nitrogens with one attached hydrogen (secondary N) is 1. The third-order valence-electron chi connectivity index (χ3n) is 2.90. The summed E-state index contributed by atoms with van der Waals surface area (Å²) in [5.74, 6) is 0.610. The lowest BCUT2D eigenvalue weighted by molar-refractivity contribution is 1.12. The molecule has 0 amide bonds. The van der Waals surface area contributed by atoms with E-state index < -0.39 is 0 Å². The van der Waals surface area contributed by atoms with E-state index in [0.717, 1.165) is 15.7 Å². The first-order valence-corrected chi connectivity index (χ1v) is 7.70. The molecule has 6 heteroatoms. The molecule has 0 spiro atoms. The van der Waals surface area contributed by atoms with Crippen molar-refractivity contribution < 1.29 is 0 Å². The summed E-state index contributed by atoms with van der Waals surface area (Å²) in [5, 5.41) is 0.581. The average molecular weight is 379 g/mol. The highest BCUT2D eigenvalue weighted by atomic mass is 79.9. The van der Waals surface area contributed by atoms with Crippen molar-refractivity contribution >= 4 is 39.7 Å². The summed E-state index contributed by atoms with van der Waals surface area (Å²) < 4.78 is 1.25. The van der Waals surface area contributed by atoms with Gasteiger partial charge in [-0.05, 0) is 33.6 Å². The van der Waals surface area contributed by atoms with Gasteiger partial charge in [-0.15, -0.1) is 0 Å². The van der Waals surface area contributed by atoms with Crippen molar-refractivity contribution in [1.29, 1.82) is 0 Å². The lowest BCUT2D eigenvalue weighted by atomic mass is 10.1. The van der Waals surface area contributed by atoms with Crippen LogP contribution >= 0.6 is 39.7 Å². The van der Waals surface area contributed by atoms with Gasteiger partial charge >= 0.3 is 0 Å². The van der Waals surface area contributed by atoms with E-state index in [4.69, 9.17) is 23.8 Å². The highest BCUT2D eigenvalue weighted by molar-refractivity contribution is 9.10. The normalized spacial score (nSPS) is 10.6. The number of halogens is 2. The molecule has 0 fully saturated rings. The fourth-order valence-corrected chi connectivity index (χ4v) is 2.62. The number of H-pyrrole nitrogens is 1. The number of hydrogen-bond donors (Lipinski definition) is 1. The third kappa shape index (κ3) is 3.05. The van der Waals surface area contributed by atoms with Crippen LogP contribution in [0.5, 0.6) is 0 Å². The van der Waals surface area contributed by atoms with Gasteiger partial charge in [0.2, 0.25) is 0 Å². The Kier molecular flexibility index (Phi) is 4.14. The van der Waals surface area contributed by atoms with Crippen LogP contribution in [0, 0.1) is 4.64 Å². The summed E-state index contributed by atoms with van der Waals surface area (Å²) in [7, 11) is 0. The Morgan fingerprint density at radius 2 is 1.86 bits per heavy atom. The molecule has 0 unspecified atom stereocenters. The van der Waals surface area contributed by atoms with Crippen LogP contribution in [0.1, 0.15) is 0 Å². The quantitative estimate of drug-likeness (QED) is 0.616. The molecule has 3 aromatic rings. The molecule has 0 atom stereocenters. The molecule has 2 heterocycles. The van der Waals surface area contributed by atoms with Gasteiger partial charge < -0.3 is 4.98 Å². The molecule has 0 aliphatic heterocycles. The third-order valence-corrected chi connectivity index (χ3v) is 4.45. The van der Waals surface area contributed by atoms with E-state index in [1.54, 1.807) is 18.3 Å². The number of aromatic nitrogens is 3. The first-order chi connectivity index (χ1) is 10.1. The van der Waals surface area contributed by atoms with E-state index in [9.17, 15) is 0 Å². The molecule has 3 nitrogen and oxygen atoms in total. The molecule has 1 aromatic carbocycles.